The minimum absolute atomic E-state index is 0.140. The van der Waals surface area contributed by atoms with Crippen LogP contribution in [0, 0.1) is 5.82 Å². The fourth-order valence-corrected chi connectivity index (χ4v) is 2.45. The first-order valence-corrected chi connectivity index (χ1v) is 7.48. The van der Waals surface area contributed by atoms with Gasteiger partial charge in [-0.2, -0.15) is 0 Å². The molecule has 3 rings (SSSR count). The van der Waals surface area contributed by atoms with Crippen molar-refractivity contribution in [1.29, 1.82) is 0 Å². The fraction of sp³-hybridized carbons (Fsp3) is 0.111. The third-order valence-corrected chi connectivity index (χ3v) is 3.62. The van der Waals surface area contributed by atoms with Crippen LogP contribution in [0.5, 0.6) is 11.5 Å². The number of ether oxygens (including phenoxy) is 2. The number of nitrogens with two attached hydrogens (primary N) is 1. The molecule has 0 bridgehead atoms. The van der Waals surface area contributed by atoms with Gasteiger partial charge in [-0.1, -0.05) is 6.07 Å². The Balaban J connectivity index is 1.92. The van der Waals surface area contributed by atoms with Crippen molar-refractivity contribution in [3.8, 4) is 22.8 Å². The highest BCUT2D eigenvalue weighted by Crippen LogP contribution is 2.32. The summed E-state index contributed by atoms with van der Waals surface area (Å²) >= 11 is 0. The van der Waals surface area contributed by atoms with Crippen LogP contribution in [0.15, 0.2) is 48.8 Å². The van der Waals surface area contributed by atoms with Crippen molar-refractivity contribution in [3.63, 3.8) is 0 Å². The number of nitrogen functional groups attached to an aromatic ring is 1. The normalized spacial score (nSPS) is 10.4. The predicted molar refractivity (Wildman–Crippen MR) is 94.7 cm³/mol. The Hall–Kier alpha value is -3.35. The molecule has 0 spiro atoms. The highest BCUT2D eigenvalue weighted by Gasteiger charge is 2.12. The van der Waals surface area contributed by atoms with Crippen LogP contribution < -0.4 is 20.5 Å². The quantitative estimate of drug-likeness (QED) is 0.690. The van der Waals surface area contributed by atoms with Gasteiger partial charge in [-0.3, -0.25) is 0 Å². The summed E-state index contributed by atoms with van der Waals surface area (Å²) in [6, 6.07) is 11.7. The molecule has 0 atom stereocenters. The molecule has 7 heteroatoms. The zero-order chi connectivity index (χ0) is 17.8. The molecule has 25 heavy (non-hydrogen) atoms. The first-order chi connectivity index (χ1) is 12.1. The average Bonchev–Trinajstić information content (AvgIpc) is 2.62. The number of methoxy groups -OCH3 is 2. The molecule has 1 aromatic heterocycles. The number of rotatable bonds is 5. The molecule has 0 amide bonds. The van der Waals surface area contributed by atoms with Gasteiger partial charge in [0.25, 0.3) is 0 Å². The highest BCUT2D eigenvalue weighted by atomic mass is 19.1. The molecular formula is C18H17FN4O2. The molecule has 0 aliphatic rings. The number of nitrogens with zero attached hydrogens (tertiary/aromatic N) is 2. The highest BCUT2D eigenvalue weighted by molar-refractivity contribution is 5.72. The van der Waals surface area contributed by atoms with Gasteiger partial charge in [0.05, 0.1) is 25.6 Å². The Labute approximate surface area is 144 Å². The standard InChI is InChI=1S/C18H17FN4O2/c1-24-16-7-6-11(8-14(16)20)23-17-9-15(21-10-22-17)12-4-3-5-13(19)18(12)25-2/h3-10H,20H2,1-2H3,(H,21,22,23). The van der Waals surface area contributed by atoms with Crippen LogP contribution in [0.2, 0.25) is 0 Å². The molecule has 3 aromatic rings. The minimum atomic E-state index is -0.448. The van der Waals surface area contributed by atoms with Gasteiger partial charge in [-0.25, -0.2) is 14.4 Å². The second-order valence-corrected chi connectivity index (χ2v) is 5.19. The Morgan fingerprint density at radius 1 is 1.04 bits per heavy atom. The average molecular weight is 340 g/mol. The van der Waals surface area contributed by atoms with Crippen LogP contribution in [-0.4, -0.2) is 24.2 Å². The van der Waals surface area contributed by atoms with E-state index in [0.29, 0.717) is 28.5 Å². The number of aromatic nitrogens is 2. The summed E-state index contributed by atoms with van der Waals surface area (Å²) < 4.78 is 24.2. The third kappa shape index (κ3) is 3.45. The molecule has 2 aromatic carbocycles. The lowest BCUT2D eigenvalue weighted by Gasteiger charge is -2.11. The summed E-state index contributed by atoms with van der Waals surface area (Å²) in [5.74, 6) is 0.830. The maximum Gasteiger partial charge on any atom is 0.165 e. The molecule has 0 aliphatic carbocycles. The number of anilines is 3. The minimum Gasteiger partial charge on any atom is -0.495 e. The van der Waals surface area contributed by atoms with Gasteiger partial charge >= 0.3 is 0 Å². The summed E-state index contributed by atoms with van der Waals surface area (Å²) in [4.78, 5) is 8.38. The predicted octanol–water partition coefficient (Wildman–Crippen LogP) is 3.63. The second-order valence-electron chi connectivity index (χ2n) is 5.19. The smallest absolute Gasteiger partial charge is 0.165 e. The van der Waals surface area contributed by atoms with E-state index in [2.05, 4.69) is 15.3 Å². The maximum absolute atomic E-state index is 13.9. The van der Waals surface area contributed by atoms with Gasteiger partial charge in [0, 0.05) is 17.3 Å². The van der Waals surface area contributed by atoms with Gasteiger partial charge in [-0.05, 0) is 30.3 Å². The number of halogens is 1. The van der Waals surface area contributed by atoms with Crippen molar-refractivity contribution in [2.45, 2.75) is 0 Å². The topological polar surface area (TPSA) is 82.3 Å². The van der Waals surface area contributed by atoms with E-state index < -0.39 is 5.82 Å². The SMILES string of the molecule is COc1ccc(Nc2cc(-c3cccc(F)c3OC)ncn2)cc1N. The molecule has 6 nitrogen and oxygen atoms in total. The van der Waals surface area contributed by atoms with Crippen LogP contribution >= 0.6 is 0 Å². The molecule has 128 valence electrons. The molecule has 0 saturated carbocycles. The molecule has 1 heterocycles. The summed E-state index contributed by atoms with van der Waals surface area (Å²) in [5, 5.41) is 3.14. The Kier molecular flexibility index (Phi) is 4.65. The van der Waals surface area contributed by atoms with Crippen LogP contribution in [0.4, 0.5) is 21.6 Å². The van der Waals surface area contributed by atoms with Gasteiger partial charge in [-0.15, -0.1) is 0 Å². The van der Waals surface area contributed by atoms with Crippen molar-refractivity contribution in [1.82, 2.24) is 9.97 Å². The Morgan fingerprint density at radius 2 is 1.88 bits per heavy atom. The lowest BCUT2D eigenvalue weighted by atomic mass is 10.1. The van der Waals surface area contributed by atoms with Gasteiger partial charge in [0.1, 0.15) is 17.9 Å². The van der Waals surface area contributed by atoms with E-state index >= 15 is 0 Å². The first-order valence-electron chi connectivity index (χ1n) is 7.48. The number of hydrogen-bond donors (Lipinski definition) is 2. The molecule has 0 radical (unpaired) electrons. The van der Waals surface area contributed by atoms with E-state index in [9.17, 15) is 4.39 Å². The monoisotopic (exact) mass is 340 g/mol. The number of benzene rings is 2. The summed E-state index contributed by atoms with van der Waals surface area (Å²) in [5.41, 5.74) is 8.24. The maximum atomic E-state index is 13.9. The summed E-state index contributed by atoms with van der Waals surface area (Å²) in [7, 11) is 2.98. The van der Waals surface area contributed by atoms with Crippen molar-refractivity contribution in [3.05, 3.63) is 54.6 Å². The van der Waals surface area contributed by atoms with E-state index in [1.54, 1.807) is 37.4 Å². The van der Waals surface area contributed by atoms with E-state index in [4.69, 9.17) is 15.2 Å². The largest absolute Gasteiger partial charge is 0.495 e. The fourth-order valence-electron chi connectivity index (χ4n) is 2.45. The molecule has 0 unspecified atom stereocenters. The van der Waals surface area contributed by atoms with Crippen molar-refractivity contribution < 1.29 is 13.9 Å². The van der Waals surface area contributed by atoms with Gasteiger partial charge in [0.2, 0.25) is 0 Å². The van der Waals surface area contributed by atoms with Crippen LogP contribution in [-0.2, 0) is 0 Å². The lowest BCUT2D eigenvalue weighted by molar-refractivity contribution is 0.388. The van der Waals surface area contributed by atoms with Gasteiger partial charge in [0.15, 0.2) is 11.6 Å². The van der Waals surface area contributed by atoms with Crippen molar-refractivity contribution in [2.24, 2.45) is 0 Å². The van der Waals surface area contributed by atoms with Crippen LogP contribution in [0.3, 0.4) is 0 Å². The number of para-hydroxylation sites is 1. The number of hydrogen-bond acceptors (Lipinski definition) is 6. The Morgan fingerprint density at radius 3 is 2.60 bits per heavy atom. The summed E-state index contributed by atoms with van der Waals surface area (Å²) in [6.07, 6.45) is 1.40. The zero-order valence-corrected chi connectivity index (χ0v) is 13.8. The Bertz CT molecular complexity index is 902. The third-order valence-electron chi connectivity index (χ3n) is 3.62. The second kappa shape index (κ2) is 7.04. The van der Waals surface area contributed by atoms with Gasteiger partial charge < -0.3 is 20.5 Å². The molecular weight excluding hydrogens is 323 g/mol. The molecule has 0 aliphatic heterocycles. The van der Waals surface area contributed by atoms with E-state index in [0.717, 1.165) is 5.69 Å². The van der Waals surface area contributed by atoms with E-state index in [-0.39, 0.29) is 5.75 Å². The lowest BCUT2D eigenvalue weighted by Crippen LogP contribution is -1.99. The van der Waals surface area contributed by atoms with Crippen LogP contribution in [0.25, 0.3) is 11.3 Å². The van der Waals surface area contributed by atoms with E-state index in [1.165, 1.54) is 19.5 Å². The van der Waals surface area contributed by atoms with E-state index in [1.807, 2.05) is 6.07 Å². The first kappa shape index (κ1) is 16.5. The summed E-state index contributed by atoms with van der Waals surface area (Å²) in [6.45, 7) is 0. The van der Waals surface area contributed by atoms with Crippen LogP contribution in [0.1, 0.15) is 0 Å². The molecule has 3 N–H and O–H groups in total. The zero-order valence-electron chi connectivity index (χ0n) is 13.8. The number of nitrogens with one attached hydrogen (secondary N) is 1. The molecule has 0 fully saturated rings. The van der Waals surface area contributed by atoms with Crippen molar-refractivity contribution in [2.75, 3.05) is 25.3 Å². The molecule has 0 saturated heterocycles. The van der Waals surface area contributed by atoms with Crippen molar-refractivity contribution >= 4 is 17.2 Å².